The molecule has 2 rings (SSSR count). The van der Waals surface area contributed by atoms with Gasteiger partial charge in [0.2, 0.25) is 0 Å². The van der Waals surface area contributed by atoms with Crippen LogP contribution in [0.3, 0.4) is 0 Å². The largest absolute Gasteiger partial charge is 0.388 e. The predicted octanol–water partition coefficient (Wildman–Crippen LogP) is 2.13. The summed E-state index contributed by atoms with van der Waals surface area (Å²) in [4.78, 5) is 1.73. The summed E-state index contributed by atoms with van der Waals surface area (Å²) in [5.41, 5.74) is 1.77. The van der Waals surface area contributed by atoms with Gasteiger partial charge in [0.05, 0.1) is 13.2 Å². The molecular formula is C15H24NO5P. The number of hydrogen-bond acceptors (Lipinski definition) is 6. The molecule has 124 valence electrons. The maximum atomic E-state index is 13.1. The Balaban J connectivity index is 2.44. The third-order valence-electron chi connectivity index (χ3n) is 3.77. The first kappa shape index (κ1) is 17.4. The molecule has 1 aromatic rings. The van der Waals surface area contributed by atoms with E-state index in [4.69, 9.17) is 9.05 Å². The van der Waals surface area contributed by atoms with Crippen LogP contribution in [0.25, 0.3) is 0 Å². The number of β-amino-alcohol motifs (C(OH)–C–C–N with tert-alkyl or cyclic N) is 1. The Kier molecular flexibility index (Phi) is 5.64. The van der Waals surface area contributed by atoms with Gasteiger partial charge in [0.15, 0.2) is 5.78 Å². The Labute approximate surface area is 131 Å². The third kappa shape index (κ3) is 3.21. The molecule has 1 heterocycles. The molecule has 3 atom stereocenters. The van der Waals surface area contributed by atoms with Gasteiger partial charge in [-0.2, -0.15) is 0 Å². The summed E-state index contributed by atoms with van der Waals surface area (Å²) >= 11 is 0. The van der Waals surface area contributed by atoms with Gasteiger partial charge in [0.25, 0.3) is 0 Å². The van der Waals surface area contributed by atoms with E-state index in [9.17, 15) is 14.8 Å². The van der Waals surface area contributed by atoms with Gasteiger partial charge in [-0.05, 0) is 32.4 Å². The lowest BCUT2D eigenvalue weighted by Gasteiger charge is -2.33. The van der Waals surface area contributed by atoms with E-state index in [-0.39, 0.29) is 19.8 Å². The van der Waals surface area contributed by atoms with Crippen LogP contribution in [-0.2, 0) is 13.6 Å². The lowest BCUT2D eigenvalue weighted by Crippen LogP contribution is -2.37. The standard InChI is InChI=1S/C15H24NO5P/c1-4-20-22(19,21-5-2)15-14(18)13(17)10-16(15)12-9-7-6-8-11(12)3/h6-9,13-15,17-18H,4-5,10H2,1-3H3/t13-,14-,15+/m0/s1. The van der Waals surface area contributed by atoms with E-state index in [0.29, 0.717) is 0 Å². The maximum Gasteiger partial charge on any atom is 0.355 e. The van der Waals surface area contributed by atoms with Crippen LogP contribution < -0.4 is 4.90 Å². The predicted molar refractivity (Wildman–Crippen MR) is 85.2 cm³/mol. The number of benzene rings is 1. The molecule has 0 unspecified atom stereocenters. The molecule has 22 heavy (non-hydrogen) atoms. The van der Waals surface area contributed by atoms with Crippen molar-refractivity contribution < 1.29 is 23.8 Å². The van der Waals surface area contributed by atoms with Gasteiger partial charge in [0.1, 0.15) is 12.2 Å². The SMILES string of the molecule is CCOP(=O)(OCC)[C@@H]1[C@@H](O)[C@@H](O)CN1c1ccccc1C. The second-order valence-corrected chi connectivity index (χ2v) is 7.41. The van der Waals surface area contributed by atoms with Crippen LogP contribution in [0.1, 0.15) is 19.4 Å². The number of aliphatic hydroxyl groups is 2. The normalized spacial score (nSPS) is 25.7. The van der Waals surface area contributed by atoms with Crippen LogP contribution in [-0.4, -0.2) is 48.0 Å². The van der Waals surface area contributed by atoms with E-state index >= 15 is 0 Å². The van der Waals surface area contributed by atoms with Crippen molar-refractivity contribution >= 4 is 13.3 Å². The number of para-hydroxylation sites is 1. The highest BCUT2D eigenvalue weighted by Crippen LogP contribution is 2.58. The number of hydrogen-bond donors (Lipinski definition) is 2. The van der Waals surface area contributed by atoms with Gasteiger partial charge < -0.3 is 24.2 Å². The Morgan fingerprint density at radius 3 is 2.36 bits per heavy atom. The van der Waals surface area contributed by atoms with Gasteiger partial charge in [-0.25, -0.2) is 0 Å². The molecule has 0 aliphatic carbocycles. The average molecular weight is 329 g/mol. The Morgan fingerprint density at radius 1 is 1.23 bits per heavy atom. The highest BCUT2D eigenvalue weighted by atomic mass is 31.2. The molecule has 0 radical (unpaired) electrons. The summed E-state index contributed by atoms with van der Waals surface area (Å²) < 4.78 is 23.9. The molecule has 0 amide bonds. The van der Waals surface area contributed by atoms with Crippen molar-refractivity contribution in [3.05, 3.63) is 29.8 Å². The summed E-state index contributed by atoms with van der Waals surface area (Å²) in [5, 5.41) is 20.4. The number of anilines is 1. The summed E-state index contributed by atoms with van der Waals surface area (Å²) in [5.74, 6) is -0.913. The zero-order valence-corrected chi connectivity index (χ0v) is 14.1. The number of rotatable bonds is 6. The minimum Gasteiger partial charge on any atom is -0.388 e. The molecular weight excluding hydrogens is 305 g/mol. The smallest absolute Gasteiger partial charge is 0.355 e. The molecule has 2 N–H and O–H groups in total. The molecule has 0 saturated carbocycles. The fraction of sp³-hybridized carbons (Fsp3) is 0.600. The van der Waals surface area contributed by atoms with Gasteiger partial charge in [-0.3, -0.25) is 4.57 Å². The molecule has 7 heteroatoms. The lowest BCUT2D eigenvalue weighted by molar-refractivity contribution is 0.0458. The number of nitrogens with zero attached hydrogens (tertiary/aromatic N) is 1. The van der Waals surface area contributed by atoms with Crippen molar-refractivity contribution in [1.29, 1.82) is 0 Å². The van der Waals surface area contributed by atoms with E-state index in [1.165, 1.54) is 0 Å². The van der Waals surface area contributed by atoms with Crippen molar-refractivity contribution in [3.8, 4) is 0 Å². The van der Waals surface area contributed by atoms with Crippen LogP contribution >= 0.6 is 7.60 Å². The van der Waals surface area contributed by atoms with Gasteiger partial charge >= 0.3 is 7.60 Å². The van der Waals surface area contributed by atoms with E-state index in [0.717, 1.165) is 11.3 Å². The van der Waals surface area contributed by atoms with Crippen molar-refractivity contribution in [3.63, 3.8) is 0 Å². The van der Waals surface area contributed by atoms with E-state index < -0.39 is 25.6 Å². The molecule has 0 bridgehead atoms. The summed E-state index contributed by atoms with van der Waals surface area (Å²) in [7, 11) is -3.59. The molecule has 1 saturated heterocycles. The topological polar surface area (TPSA) is 79.2 Å². The van der Waals surface area contributed by atoms with Crippen LogP contribution in [0.15, 0.2) is 24.3 Å². The van der Waals surface area contributed by atoms with Crippen LogP contribution in [0.2, 0.25) is 0 Å². The lowest BCUT2D eigenvalue weighted by atomic mass is 10.2. The van der Waals surface area contributed by atoms with Crippen LogP contribution in [0.5, 0.6) is 0 Å². The van der Waals surface area contributed by atoms with Gasteiger partial charge in [-0.1, -0.05) is 18.2 Å². The van der Waals surface area contributed by atoms with Crippen molar-refractivity contribution in [2.75, 3.05) is 24.7 Å². The van der Waals surface area contributed by atoms with E-state index in [2.05, 4.69) is 0 Å². The molecule has 1 aliphatic rings. The summed E-state index contributed by atoms with van der Waals surface area (Å²) in [6.07, 6.45) is -2.19. The quantitative estimate of drug-likeness (QED) is 0.779. The minimum atomic E-state index is -3.59. The first-order valence-electron chi connectivity index (χ1n) is 7.51. The van der Waals surface area contributed by atoms with Crippen molar-refractivity contribution in [1.82, 2.24) is 0 Å². The first-order valence-corrected chi connectivity index (χ1v) is 9.13. The first-order chi connectivity index (χ1) is 10.4. The van der Waals surface area contributed by atoms with Crippen molar-refractivity contribution in [2.45, 2.75) is 38.8 Å². The zero-order valence-electron chi connectivity index (χ0n) is 13.2. The molecule has 0 aromatic heterocycles. The Morgan fingerprint density at radius 2 is 1.82 bits per heavy atom. The van der Waals surface area contributed by atoms with E-state index in [1.807, 2.05) is 31.2 Å². The maximum absolute atomic E-state index is 13.1. The highest BCUT2D eigenvalue weighted by Gasteiger charge is 2.52. The second kappa shape index (κ2) is 7.11. The minimum absolute atomic E-state index is 0.181. The number of aliphatic hydroxyl groups excluding tert-OH is 2. The molecule has 1 aromatic carbocycles. The molecule has 0 spiro atoms. The van der Waals surface area contributed by atoms with Crippen molar-refractivity contribution in [2.24, 2.45) is 0 Å². The molecule has 1 aliphatic heterocycles. The summed E-state index contributed by atoms with van der Waals surface area (Å²) in [6.45, 7) is 5.97. The van der Waals surface area contributed by atoms with E-state index in [1.54, 1.807) is 18.7 Å². The molecule has 1 fully saturated rings. The Hall–Kier alpha value is -0.910. The highest BCUT2D eigenvalue weighted by molar-refractivity contribution is 7.54. The van der Waals surface area contributed by atoms with Gasteiger partial charge in [0, 0.05) is 12.2 Å². The van der Waals surface area contributed by atoms with Crippen LogP contribution in [0.4, 0.5) is 5.69 Å². The molecule has 6 nitrogen and oxygen atoms in total. The van der Waals surface area contributed by atoms with Gasteiger partial charge in [-0.15, -0.1) is 0 Å². The average Bonchev–Trinajstić information content (AvgIpc) is 2.76. The third-order valence-corrected chi connectivity index (χ3v) is 6.24. The monoisotopic (exact) mass is 329 g/mol. The number of aryl methyl sites for hydroxylation is 1. The zero-order chi connectivity index (χ0) is 16.3. The fourth-order valence-corrected chi connectivity index (χ4v) is 5.07. The van der Waals surface area contributed by atoms with Crippen LogP contribution in [0, 0.1) is 6.92 Å². The second-order valence-electron chi connectivity index (χ2n) is 5.29. The summed E-state index contributed by atoms with van der Waals surface area (Å²) in [6, 6.07) is 7.56. The fourth-order valence-electron chi connectivity index (χ4n) is 2.83. The Bertz CT molecular complexity index is 542.